The second kappa shape index (κ2) is 8.50. The summed E-state index contributed by atoms with van der Waals surface area (Å²) >= 11 is 1.59. The van der Waals surface area contributed by atoms with Gasteiger partial charge in [0.1, 0.15) is 11.5 Å². The number of hydrogen-bond donors (Lipinski definition) is 0. The average Bonchev–Trinajstić information content (AvgIpc) is 3.33. The van der Waals surface area contributed by atoms with Crippen LogP contribution in [-0.2, 0) is 16.1 Å². The zero-order valence-corrected chi connectivity index (χ0v) is 15.9. The molecule has 1 aromatic carbocycles. The summed E-state index contributed by atoms with van der Waals surface area (Å²) in [5, 5.41) is 3.91. The van der Waals surface area contributed by atoms with E-state index in [-0.39, 0.29) is 12.5 Å². The van der Waals surface area contributed by atoms with E-state index in [1.54, 1.807) is 49.8 Å². The second-order valence-corrected chi connectivity index (χ2v) is 6.79. The summed E-state index contributed by atoms with van der Waals surface area (Å²) < 4.78 is 20.8. The molecule has 3 rings (SSSR count). The molecule has 0 N–H and O–H groups in total. The summed E-state index contributed by atoms with van der Waals surface area (Å²) in [6.45, 7) is 1.89. The maximum absolute atomic E-state index is 11.8. The lowest BCUT2D eigenvalue weighted by molar-refractivity contribution is -0.139. The molecule has 2 heterocycles. The molecule has 0 radical (unpaired) electrons. The summed E-state index contributed by atoms with van der Waals surface area (Å²) in [5.41, 5.74) is 0.646. The molecule has 0 spiro atoms. The maximum Gasteiger partial charge on any atom is 0.331 e. The van der Waals surface area contributed by atoms with Crippen molar-refractivity contribution >= 4 is 23.4 Å². The zero-order chi connectivity index (χ0) is 19.2. The van der Waals surface area contributed by atoms with Gasteiger partial charge in [-0.05, 0) is 37.3 Å². The number of rotatable bonds is 7. The zero-order valence-electron chi connectivity index (χ0n) is 15.1. The van der Waals surface area contributed by atoms with Crippen LogP contribution < -0.4 is 9.47 Å². The maximum atomic E-state index is 11.8. The number of carbonyl (C=O) groups is 1. The quantitative estimate of drug-likeness (QED) is 0.450. The molecule has 0 saturated heterocycles. The lowest BCUT2D eigenvalue weighted by Gasteiger charge is -2.07. The SMILES string of the molecule is COc1ccc(-c2noc(COC(=O)/C=C/c3ccc(C)s3)n2)c(OC)c1. The van der Waals surface area contributed by atoms with Gasteiger partial charge in [-0.15, -0.1) is 11.3 Å². The molecular formula is C19H18N2O5S. The van der Waals surface area contributed by atoms with Crippen molar-refractivity contribution in [3.05, 3.63) is 52.1 Å². The summed E-state index contributed by atoms with van der Waals surface area (Å²) in [4.78, 5) is 18.2. The Hall–Kier alpha value is -3.13. The fraction of sp³-hybridized carbons (Fsp3) is 0.211. The molecule has 0 aliphatic heterocycles. The number of thiophene rings is 1. The monoisotopic (exact) mass is 386 g/mol. The molecule has 0 bridgehead atoms. The number of ether oxygens (including phenoxy) is 3. The predicted molar refractivity (Wildman–Crippen MR) is 101 cm³/mol. The molecule has 8 heteroatoms. The minimum absolute atomic E-state index is 0.113. The first-order valence-corrected chi connectivity index (χ1v) is 8.87. The van der Waals surface area contributed by atoms with Crippen molar-refractivity contribution < 1.29 is 23.5 Å². The van der Waals surface area contributed by atoms with Crippen molar-refractivity contribution in [3.63, 3.8) is 0 Å². The highest BCUT2D eigenvalue weighted by atomic mass is 32.1. The molecule has 0 unspecified atom stereocenters. The van der Waals surface area contributed by atoms with Gasteiger partial charge in [0.25, 0.3) is 5.89 Å². The largest absolute Gasteiger partial charge is 0.497 e. The molecule has 0 fully saturated rings. The van der Waals surface area contributed by atoms with Crippen LogP contribution in [0.15, 0.2) is 40.9 Å². The first-order valence-electron chi connectivity index (χ1n) is 8.05. The van der Waals surface area contributed by atoms with Crippen molar-refractivity contribution in [1.29, 1.82) is 0 Å². The van der Waals surface area contributed by atoms with Gasteiger partial charge in [0.2, 0.25) is 5.82 Å². The van der Waals surface area contributed by atoms with E-state index in [0.29, 0.717) is 22.9 Å². The van der Waals surface area contributed by atoms with Crippen LogP contribution in [-0.4, -0.2) is 30.3 Å². The second-order valence-electron chi connectivity index (χ2n) is 5.47. The van der Waals surface area contributed by atoms with Gasteiger partial charge < -0.3 is 18.7 Å². The Morgan fingerprint density at radius 3 is 2.78 bits per heavy atom. The number of carbonyl (C=O) groups excluding carboxylic acids is 1. The third-order valence-corrected chi connectivity index (χ3v) is 4.57. The van der Waals surface area contributed by atoms with E-state index in [2.05, 4.69) is 10.1 Å². The van der Waals surface area contributed by atoms with Gasteiger partial charge in [-0.1, -0.05) is 5.16 Å². The van der Waals surface area contributed by atoms with Crippen LogP contribution in [0.5, 0.6) is 11.5 Å². The van der Waals surface area contributed by atoms with Gasteiger partial charge in [0.15, 0.2) is 6.61 Å². The predicted octanol–water partition coefficient (Wildman–Crippen LogP) is 3.88. The minimum atomic E-state index is -0.483. The topological polar surface area (TPSA) is 83.7 Å². The van der Waals surface area contributed by atoms with Gasteiger partial charge in [-0.25, -0.2) is 4.79 Å². The molecule has 2 aromatic heterocycles. The molecule has 0 amide bonds. The Bertz CT molecular complexity index is 961. The highest BCUT2D eigenvalue weighted by Crippen LogP contribution is 2.31. The van der Waals surface area contributed by atoms with Crippen molar-refractivity contribution in [2.45, 2.75) is 13.5 Å². The van der Waals surface area contributed by atoms with E-state index in [1.165, 1.54) is 11.0 Å². The summed E-state index contributed by atoms with van der Waals surface area (Å²) in [7, 11) is 3.12. The summed E-state index contributed by atoms with van der Waals surface area (Å²) in [5.74, 6) is 1.25. The molecule has 0 saturated carbocycles. The van der Waals surface area contributed by atoms with Crippen LogP contribution in [0.3, 0.4) is 0 Å². The van der Waals surface area contributed by atoms with Gasteiger partial charge in [0.05, 0.1) is 19.8 Å². The normalized spacial score (nSPS) is 10.9. The van der Waals surface area contributed by atoms with E-state index in [0.717, 1.165) is 4.88 Å². The van der Waals surface area contributed by atoms with Gasteiger partial charge in [-0.3, -0.25) is 0 Å². The number of aryl methyl sites for hydroxylation is 1. The lowest BCUT2D eigenvalue weighted by atomic mass is 10.2. The molecule has 140 valence electrons. The first-order chi connectivity index (χ1) is 13.1. The minimum Gasteiger partial charge on any atom is -0.497 e. The van der Waals surface area contributed by atoms with Crippen LogP contribution in [0.25, 0.3) is 17.5 Å². The van der Waals surface area contributed by atoms with Crippen molar-refractivity contribution in [3.8, 4) is 22.9 Å². The van der Waals surface area contributed by atoms with E-state index >= 15 is 0 Å². The number of aromatic nitrogens is 2. The third-order valence-electron chi connectivity index (χ3n) is 3.60. The van der Waals surface area contributed by atoms with Gasteiger partial charge in [0, 0.05) is 21.9 Å². The van der Waals surface area contributed by atoms with Gasteiger partial charge >= 0.3 is 5.97 Å². The summed E-state index contributed by atoms with van der Waals surface area (Å²) in [6, 6.07) is 9.19. The molecule has 27 heavy (non-hydrogen) atoms. The first kappa shape index (κ1) is 18.7. The molecule has 0 aliphatic carbocycles. The van der Waals surface area contributed by atoms with Crippen molar-refractivity contribution in [2.75, 3.05) is 14.2 Å². The Balaban J connectivity index is 1.63. The number of methoxy groups -OCH3 is 2. The van der Waals surface area contributed by atoms with Crippen LogP contribution in [0.2, 0.25) is 0 Å². The molecule has 3 aromatic rings. The van der Waals surface area contributed by atoms with E-state index in [4.69, 9.17) is 18.7 Å². The highest BCUT2D eigenvalue weighted by Gasteiger charge is 2.15. The Morgan fingerprint density at radius 2 is 2.07 bits per heavy atom. The number of nitrogens with zero attached hydrogens (tertiary/aromatic N) is 2. The van der Waals surface area contributed by atoms with Crippen LogP contribution in [0.1, 0.15) is 15.6 Å². The summed E-state index contributed by atoms with van der Waals surface area (Å²) in [6.07, 6.45) is 3.08. The Morgan fingerprint density at radius 1 is 1.22 bits per heavy atom. The van der Waals surface area contributed by atoms with Gasteiger partial charge in [-0.2, -0.15) is 4.98 Å². The smallest absolute Gasteiger partial charge is 0.331 e. The van der Waals surface area contributed by atoms with E-state index in [1.807, 2.05) is 19.1 Å². The Labute approximate surface area is 160 Å². The van der Waals surface area contributed by atoms with E-state index in [9.17, 15) is 4.79 Å². The average molecular weight is 386 g/mol. The van der Waals surface area contributed by atoms with Crippen molar-refractivity contribution in [1.82, 2.24) is 10.1 Å². The lowest BCUT2D eigenvalue weighted by Crippen LogP contribution is -2.00. The number of hydrogen-bond acceptors (Lipinski definition) is 8. The Kier molecular flexibility index (Phi) is 5.87. The molecule has 7 nitrogen and oxygen atoms in total. The fourth-order valence-electron chi connectivity index (χ4n) is 2.28. The third kappa shape index (κ3) is 4.73. The molecule has 0 atom stereocenters. The van der Waals surface area contributed by atoms with Crippen molar-refractivity contribution in [2.24, 2.45) is 0 Å². The molecular weight excluding hydrogens is 368 g/mol. The van der Waals surface area contributed by atoms with Crippen LogP contribution in [0.4, 0.5) is 0 Å². The standard InChI is InChI=1S/C19H18N2O5S/c1-12-4-6-14(27-12)7-9-18(22)25-11-17-20-19(21-26-17)15-8-5-13(23-2)10-16(15)24-3/h4-10H,11H2,1-3H3/b9-7+. The van der Waals surface area contributed by atoms with Crippen LogP contribution >= 0.6 is 11.3 Å². The molecule has 0 aliphatic rings. The van der Waals surface area contributed by atoms with Crippen LogP contribution in [0, 0.1) is 6.92 Å². The highest BCUT2D eigenvalue weighted by molar-refractivity contribution is 7.12. The number of esters is 1. The van der Waals surface area contributed by atoms with E-state index < -0.39 is 5.97 Å². The number of benzene rings is 1. The fourth-order valence-corrected chi connectivity index (χ4v) is 3.06.